The predicted molar refractivity (Wildman–Crippen MR) is 110 cm³/mol. The number of aromatic nitrogens is 2. The summed E-state index contributed by atoms with van der Waals surface area (Å²) >= 11 is 0. The molecule has 2 aromatic rings. The van der Waals surface area contributed by atoms with Crippen LogP contribution in [-0.4, -0.2) is 64.6 Å². The largest absolute Gasteiger partial charge is 0.450 e. The number of ether oxygens (including phenoxy) is 1. The second-order valence-electron chi connectivity index (χ2n) is 6.94. The van der Waals surface area contributed by atoms with Gasteiger partial charge in [-0.3, -0.25) is 4.79 Å². The topological polar surface area (TPSA) is 87.7 Å². The fourth-order valence-electron chi connectivity index (χ4n) is 3.23. The van der Waals surface area contributed by atoms with Crippen molar-refractivity contribution in [3.05, 3.63) is 53.0 Å². The number of hydrogen-bond acceptors (Lipinski definition) is 6. The van der Waals surface area contributed by atoms with Gasteiger partial charge in [-0.1, -0.05) is 24.3 Å². The van der Waals surface area contributed by atoms with Gasteiger partial charge in [0.15, 0.2) is 0 Å². The van der Waals surface area contributed by atoms with Gasteiger partial charge < -0.3 is 19.9 Å². The van der Waals surface area contributed by atoms with E-state index in [1.807, 2.05) is 12.1 Å². The molecule has 0 aliphatic carbocycles. The van der Waals surface area contributed by atoms with E-state index in [0.29, 0.717) is 56.7 Å². The second-order valence-corrected chi connectivity index (χ2v) is 6.94. The lowest BCUT2D eigenvalue weighted by Crippen LogP contribution is -2.50. The normalized spacial score (nSPS) is 13.9. The Morgan fingerprint density at radius 1 is 1.07 bits per heavy atom. The van der Waals surface area contributed by atoms with E-state index in [0.717, 1.165) is 0 Å². The van der Waals surface area contributed by atoms with Crippen LogP contribution in [0.15, 0.2) is 30.3 Å². The summed E-state index contributed by atoms with van der Waals surface area (Å²) in [4.78, 5) is 36.8. The molecule has 154 valence electrons. The summed E-state index contributed by atoms with van der Waals surface area (Å²) in [6, 6.07) is 9.82. The monoisotopic (exact) mass is 397 g/mol. The van der Waals surface area contributed by atoms with Crippen molar-refractivity contribution in [3.63, 3.8) is 0 Å². The average molecular weight is 397 g/mol. The van der Waals surface area contributed by atoms with Gasteiger partial charge in [0, 0.05) is 38.8 Å². The Kier molecular flexibility index (Phi) is 6.64. The molecule has 0 radical (unpaired) electrons. The van der Waals surface area contributed by atoms with E-state index in [2.05, 4.69) is 34.3 Å². The summed E-state index contributed by atoms with van der Waals surface area (Å²) in [5, 5.41) is 3.29. The van der Waals surface area contributed by atoms with Crippen LogP contribution in [0.3, 0.4) is 0 Å². The van der Waals surface area contributed by atoms with Crippen molar-refractivity contribution in [2.45, 2.75) is 27.3 Å². The van der Waals surface area contributed by atoms with Gasteiger partial charge in [-0.25, -0.2) is 14.8 Å². The first-order valence-electron chi connectivity index (χ1n) is 9.83. The van der Waals surface area contributed by atoms with Gasteiger partial charge in [-0.15, -0.1) is 0 Å². The van der Waals surface area contributed by atoms with Crippen LogP contribution >= 0.6 is 0 Å². The van der Waals surface area contributed by atoms with Crippen LogP contribution in [-0.2, 0) is 11.3 Å². The molecule has 1 saturated heterocycles. The molecule has 3 rings (SSSR count). The molecule has 29 heavy (non-hydrogen) atoms. The molecular weight excluding hydrogens is 370 g/mol. The minimum absolute atomic E-state index is 0.155. The fourth-order valence-corrected chi connectivity index (χ4v) is 3.23. The van der Waals surface area contributed by atoms with E-state index in [-0.39, 0.29) is 12.0 Å². The number of nitrogens with one attached hydrogen (secondary N) is 1. The highest BCUT2D eigenvalue weighted by atomic mass is 16.6. The molecule has 2 amide bonds. The third-order valence-electron chi connectivity index (χ3n) is 4.87. The first-order valence-corrected chi connectivity index (χ1v) is 9.83. The van der Waals surface area contributed by atoms with Crippen LogP contribution < -0.4 is 5.32 Å². The lowest BCUT2D eigenvalue weighted by molar-refractivity contribution is 0.0565. The summed E-state index contributed by atoms with van der Waals surface area (Å²) in [7, 11) is 0. The van der Waals surface area contributed by atoms with Gasteiger partial charge in [0.05, 0.1) is 6.61 Å². The minimum atomic E-state index is -0.333. The molecule has 2 heterocycles. The standard InChI is InChI=1S/C21H27N5O3/c1-4-29-21(28)26-11-9-25(10-12-26)20(27)18-13-19(24-16(3)23-18)22-14-17-8-6-5-7-15(17)2/h5-8,13H,4,9-12,14H2,1-3H3,(H,22,23,24). The van der Waals surface area contributed by atoms with Gasteiger partial charge >= 0.3 is 6.09 Å². The maximum atomic E-state index is 12.9. The maximum absolute atomic E-state index is 12.9. The molecule has 1 aromatic carbocycles. The highest BCUT2D eigenvalue weighted by Gasteiger charge is 2.26. The zero-order valence-corrected chi connectivity index (χ0v) is 17.1. The number of hydrogen-bond donors (Lipinski definition) is 1. The number of carbonyl (C=O) groups is 2. The van der Waals surface area contributed by atoms with E-state index in [9.17, 15) is 9.59 Å². The number of anilines is 1. The number of piperazine rings is 1. The van der Waals surface area contributed by atoms with Gasteiger partial charge in [-0.2, -0.15) is 0 Å². The molecule has 8 nitrogen and oxygen atoms in total. The van der Waals surface area contributed by atoms with Gasteiger partial charge in [-0.05, 0) is 31.9 Å². The summed E-state index contributed by atoms with van der Waals surface area (Å²) in [6.45, 7) is 8.38. The number of amides is 2. The molecule has 0 saturated carbocycles. The van der Waals surface area contributed by atoms with Crippen molar-refractivity contribution in [2.75, 3.05) is 38.1 Å². The molecule has 8 heteroatoms. The van der Waals surface area contributed by atoms with Crippen LogP contribution in [0.5, 0.6) is 0 Å². The Bertz CT molecular complexity index is 878. The van der Waals surface area contributed by atoms with Crippen molar-refractivity contribution in [2.24, 2.45) is 0 Å². The van der Waals surface area contributed by atoms with Crippen molar-refractivity contribution in [1.82, 2.24) is 19.8 Å². The van der Waals surface area contributed by atoms with Gasteiger partial charge in [0.2, 0.25) is 0 Å². The smallest absolute Gasteiger partial charge is 0.409 e. The Morgan fingerprint density at radius 3 is 2.45 bits per heavy atom. The Morgan fingerprint density at radius 2 is 1.76 bits per heavy atom. The molecule has 0 unspecified atom stereocenters. The average Bonchev–Trinajstić information content (AvgIpc) is 2.72. The SMILES string of the molecule is CCOC(=O)N1CCN(C(=O)c2cc(NCc3ccccc3C)nc(C)n2)CC1. The van der Waals surface area contributed by atoms with Crippen molar-refractivity contribution in [1.29, 1.82) is 0 Å². The summed E-state index contributed by atoms with van der Waals surface area (Å²) in [6.07, 6.45) is -0.333. The quantitative estimate of drug-likeness (QED) is 0.835. The van der Waals surface area contributed by atoms with Crippen molar-refractivity contribution < 1.29 is 14.3 Å². The van der Waals surface area contributed by atoms with Crippen LogP contribution in [0.2, 0.25) is 0 Å². The third-order valence-corrected chi connectivity index (χ3v) is 4.87. The van der Waals surface area contributed by atoms with E-state index >= 15 is 0 Å². The zero-order valence-electron chi connectivity index (χ0n) is 17.1. The molecule has 1 N–H and O–H groups in total. The molecule has 0 bridgehead atoms. The molecule has 1 fully saturated rings. The lowest BCUT2D eigenvalue weighted by Gasteiger charge is -2.33. The Labute approximate surface area is 170 Å². The number of nitrogens with zero attached hydrogens (tertiary/aromatic N) is 4. The summed E-state index contributed by atoms with van der Waals surface area (Å²) in [5.41, 5.74) is 2.72. The number of benzene rings is 1. The van der Waals surface area contributed by atoms with E-state index in [1.54, 1.807) is 29.7 Å². The maximum Gasteiger partial charge on any atom is 0.409 e. The Hall–Kier alpha value is -3.16. The summed E-state index contributed by atoms with van der Waals surface area (Å²) < 4.78 is 5.02. The van der Waals surface area contributed by atoms with E-state index < -0.39 is 0 Å². The van der Waals surface area contributed by atoms with Gasteiger partial charge in [0.25, 0.3) is 5.91 Å². The Balaban J connectivity index is 1.64. The summed E-state index contributed by atoms with van der Waals surface area (Å²) in [5.74, 6) is 1.00. The molecule has 1 aliphatic rings. The van der Waals surface area contributed by atoms with Crippen molar-refractivity contribution in [3.8, 4) is 0 Å². The molecule has 1 aromatic heterocycles. The molecule has 1 aliphatic heterocycles. The lowest BCUT2D eigenvalue weighted by atomic mass is 10.1. The van der Waals surface area contributed by atoms with Crippen LogP contribution in [0, 0.1) is 13.8 Å². The zero-order chi connectivity index (χ0) is 20.8. The van der Waals surface area contributed by atoms with Crippen LogP contribution in [0.1, 0.15) is 34.4 Å². The van der Waals surface area contributed by atoms with E-state index in [4.69, 9.17) is 4.74 Å². The van der Waals surface area contributed by atoms with Crippen molar-refractivity contribution >= 4 is 17.8 Å². The molecular formula is C21H27N5O3. The number of rotatable bonds is 5. The molecule has 0 spiro atoms. The fraction of sp³-hybridized carbons (Fsp3) is 0.429. The highest BCUT2D eigenvalue weighted by molar-refractivity contribution is 5.93. The minimum Gasteiger partial charge on any atom is -0.450 e. The molecule has 0 atom stereocenters. The van der Waals surface area contributed by atoms with Crippen LogP contribution in [0.4, 0.5) is 10.6 Å². The number of carbonyl (C=O) groups excluding carboxylic acids is 2. The second kappa shape index (κ2) is 9.36. The van der Waals surface area contributed by atoms with E-state index in [1.165, 1.54) is 11.1 Å². The first-order chi connectivity index (χ1) is 14.0. The third kappa shape index (κ3) is 5.22. The van der Waals surface area contributed by atoms with Crippen LogP contribution in [0.25, 0.3) is 0 Å². The number of aryl methyl sites for hydroxylation is 2. The predicted octanol–water partition coefficient (Wildman–Crippen LogP) is 2.62. The highest BCUT2D eigenvalue weighted by Crippen LogP contribution is 2.14. The van der Waals surface area contributed by atoms with Gasteiger partial charge in [0.1, 0.15) is 17.3 Å². The first kappa shape index (κ1) is 20.6.